The van der Waals surface area contributed by atoms with Crippen molar-refractivity contribution in [2.75, 3.05) is 16.4 Å². The van der Waals surface area contributed by atoms with Crippen molar-refractivity contribution in [1.29, 1.82) is 0 Å². The number of H-pyrrole nitrogens is 1. The van der Waals surface area contributed by atoms with Crippen molar-refractivity contribution in [3.05, 3.63) is 60.3 Å². The lowest BCUT2D eigenvalue weighted by atomic mass is 10.1. The highest BCUT2D eigenvalue weighted by Crippen LogP contribution is 2.29. The van der Waals surface area contributed by atoms with Gasteiger partial charge in [-0.05, 0) is 24.3 Å². The van der Waals surface area contributed by atoms with E-state index in [1.165, 1.54) is 30.0 Å². The van der Waals surface area contributed by atoms with Crippen LogP contribution in [0.5, 0.6) is 0 Å². The zero-order valence-corrected chi connectivity index (χ0v) is 17.1. The highest BCUT2D eigenvalue weighted by atomic mass is 32.2. The van der Waals surface area contributed by atoms with Gasteiger partial charge in [-0.3, -0.25) is 9.59 Å². The maximum atomic E-state index is 12.6. The van der Waals surface area contributed by atoms with Gasteiger partial charge in [0.2, 0.25) is 11.0 Å². The van der Waals surface area contributed by atoms with Gasteiger partial charge in [0.1, 0.15) is 0 Å². The number of anilines is 3. The van der Waals surface area contributed by atoms with Gasteiger partial charge in [-0.1, -0.05) is 47.4 Å². The van der Waals surface area contributed by atoms with Crippen LogP contribution in [0, 0.1) is 0 Å². The second-order valence-corrected chi connectivity index (χ2v) is 8.42. The van der Waals surface area contributed by atoms with Gasteiger partial charge in [0.15, 0.2) is 10.1 Å². The lowest BCUT2D eigenvalue weighted by molar-refractivity contribution is -0.114. The first kappa shape index (κ1) is 19.2. The minimum atomic E-state index is -0.128. The molecule has 0 saturated carbocycles. The Hall–Kier alpha value is -3.17. The number of nitrogens with zero attached hydrogens (tertiary/aromatic N) is 2. The molecule has 0 aliphatic carbocycles. The molecular weight excluding hydrogens is 406 g/mol. The fourth-order valence-electron chi connectivity index (χ4n) is 2.83. The Kier molecular flexibility index (Phi) is 5.59. The summed E-state index contributed by atoms with van der Waals surface area (Å²) in [6.07, 6.45) is 1.75. The predicted molar refractivity (Wildman–Crippen MR) is 117 cm³/mol. The summed E-state index contributed by atoms with van der Waals surface area (Å²) in [6, 6.07) is 15.1. The molecule has 7 nitrogen and oxygen atoms in total. The zero-order chi connectivity index (χ0) is 20.2. The molecule has 146 valence electrons. The first-order valence-electron chi connectivity index (χ1n) is 8.79. The number of Topliss-reactive ketones (excluding diaryl/α,β-unsaturated/α-hetero) is 1. The van der Waals surface area contributed by atoms with Gasteiger partial charge in [0.05, 0.1) is 5.75 Å². The van der Waals surface area contributed by atoms with Crippen LogP contribution in [0.15, 0.2) is 59.1 Å². The highest BCUT2D eigenvalue weighted by Gasteiger charge is 2.14. The van der Waals surface area contributed by atoms with Gasteiger partial charge in [-0.25, -0.2) is 0 Å². The molecule has 0 atom stereocenters. The third-order valence-electron chi connectivity index (χ3n) is 4.06. The maximum Gasteiger partial charge on any atom is 0.221 e. The fraction of sp³-hybridized carbons (Fsp3) is 0.100. The molecule has 0 unspecified atom stereocenters. The Morgan fingerprint density at radius 2 is 1.93 bits per heavy atom. The summed E-state index contributed by atoms with van der Waals surface area (Å²) in [5.74, 6) is 0.200. The van der Waals surface area contributed by atoms with Gasteiger partial charge in [-0.2, -0.15) is 0 Å². The summed E-state index contributed by atoms with van der Waals surface area (Å²) in [6.45, 7) is 1.46. The van der Waals surface area contributed by atoms with Gasteiger partial charge in [-0.15, -0.1) is 10.2 Å². The van der Waals surface area contributed by atoms with Crippen molar-refractivity contribution in [3.8, 4) is 0 Å². The summed E-state index contributed by atoms with van der Waals surface area (Å²) in [4.78, 5) is 26.9. The van der Waals surface area contributed by atoms with Crippen molar-refractivity contribution in [1.82, 2.24) is 15.2 Å². The first-order valence-corrected chi connectivity index (χ1v) is 10.6. The lowest BCUT2D eigenvalue weighted by Gasteiger charge is -2.05. The third kappa shape index (κ3) is 4.64. The molecule has 2 aromatic carbocycles. The Bertz CT molecular complexity index is 1180. The van der Waals surface area contributed by atoms with E-state index in [1.54, 1.807) is 6.20 Å². The number of carbonyl (C=O) groups is 2. The van der Waals surface area contributed by atoms with E-state index >= 15 is 0 Å². The quantitative estimate of drug-likeness (QED) is 0.294. The fourth-order valence-corrected chi connectivity index (χ4v) is 4.48. The number of rotatable bonds is 7. The molecule has 0 saturated heterocycles. The van der Waals surface area contributed by atoms with E-state index in [1.807, 2.05) is 48.5 Å². The monoisotopic (exact) mass is 423 g/mol. The standard InChI is InChI=1S/C20H17N5O2S2/c1-12(26)22-13-5-4-6-14(9-13)23-19-24-25-20(29-19)28-11-18(27)16-10-21-17-8-3-2-7-15(16)17/h2-10,21H,11H2,1H3,(H,22,26)(H,23,24). The van der Waals surface area contributed by atoms with Crippen LogP contribution >= 0.6 is 23.1 Å². The van der Waals surface area contributed by atoms with Gasteiger partial charge >= 0.3 is 0 Å². The molecule has 4 aromatic rings. The number of hydrogen-bond donors (Lipinski definition) is 3. The van der Waals surface area contributed by atoms with E-state index in [9.17, 15) is 9.59 Å². The van der Waals surface area contributed by atoms with E-state index in [0.29, 0.717) is 20.7 Å². The van der Waals surface area contributed by atoms with Crippen molar-refractivity contribution in [2.24, 2.45) is 0 Å². The molecule has 1 amide bonds. The van der Waals surface area contributed by atoms with E-state index in [2.05, 4.69) is 25.8 Å². The maximum absolute atomic E-state index is 12.6. The van der Waals surface area contributed by atoms with Crippen LogP contribution in [-0.2, 0) is 4.79 Å². The molecule has 0 spiro atoms. The Morgan fingerprint density at radius 1 is 1.10 bits per heavy atom. The molecular formula is C20H17N5O2S2. The smallest absolute Gasteiger partial charge is 0.221 e. The summed E-state index contributed by atoms with van der Waals surface area (Å²) in [5, 5.41) is 15.7. The van der Waals surface area contributed by atoms with Crippen molar-refractivity contribution in [2.45, 2.75) is 11.3 Å². The van der Waals surface area contributed by atoms with Gasteiger partial charge in [0, 0.05) is 41.0 Å². The Balaban J connectivity index is 1.38. The first-order chi connectivity index (χ1) is 14.1. The van der Waals surface area contributed by atoms with Crippen LogP contribution in [0.2, 0.25) is 0 Å². The minimum absolute atomic E-state index is 0.0418. The van der Waals surface area contributed by atoms with Crippen LogP contribution in [0.25, 0.3) is 10.9 Å². The van der Waals surface area contributed by atoms with Crippen LogP contribution in [0.3, 0.4) is 0 Å². The molecule has 2 aromatic heterocycles. The van der Waals surface area contributed by atoms with Gasteiger partial charge < -0.3 is 15.6 Å². The number of fused-ring (bicyclic) bond motifs is 1. The normalized spacial score (nSPS) is 10.8. The number of carbonyl (C=O) groups excluding carboxylic acids is 2. The number of aromatic amines is 1. The van der Waals surface area contributed by atoms with E-state index in [0.717, 1.165) is 16.6 Å². The average Bonchev–Trinajstić information content (AvgIpc) is 3.33. The van der Waals surface area contributed by atoms with Crippen LogP contribution in [0.1, 0.15) is 17.3 Å². The topological polar surface area (TPSA) is 99.8 Å². The molecule has 9 heteroatoms. The summed E-state index contributed by atoms with van der Waals surface area (Å²) in [5.41, 5.74) is 3.13. The third-order valence-corrected chi connectivity index (χ3v) is 6.03. The molecule has 2 heterocycles. The van der Waals surface area contributed by atoms with Crippen LogP contribution in [-0.4, -0.2) is 32.6 Å². The van der Waals surface area contributed by atoms with Crippen molar-refractivity contribution in [3.63, 3.8) is 0 Å². The molecule has 0 aliphatic heterocycles. The summed E-state index contributed by atoms with van der Waals surface area (Å²) in [7, 11) is 0. The molecule has 0 aliphatic rings. The molecule has 0 bridgehead atoms. The second-order valence-electron chi connectivity index (χ2n) is 6.22. The summed E-state index contributed by atoms with van der Waals surface area (Å²) < 4.78 is 0.707. The number of thioether (sulfide) groups is 1. The van der Waals surface area contributed by atoms with Crippen LogP contribution in [0.4, 0.5) is 16.5 Å². The number of amides is 1. The zero-order valence-electron chi connectivity index (χ0n) is 15.4. The lowest BCUT2D eigenvalue weighted by Crippen LogP contribution is -2.05. The molecule has 29 heavy (non-hydrogen) atoms. The number of aromatic nitrogens is 3. The van der Waals surface area contributed by atoms with Crippen molar-refractivity contribution >= 4 is 62.2 Å². The van der Waals surface area contributed by atoms with E-state index < -0.39 is 0 Å². The van der Waals surface area contributed by atoms with Gasteiger partial charge in [0.25, 0.3) is 0 Å². The highest BCUT2D eigenvalue weighted by molar-refractivity contribution is 8.01. The number of para-hydroxylation sites is 1. The molecule has 3 N–H and O–H groups in total. The Labute approximate surface area is 174 Å². The SMILES string of the molecule is CC(=O)Nc1cccc(Nc2nnc(SCC(=O)c3c[nH]c4ccccc34)s2)c1. The molecule has 0 fully saturated rings. The van der Waals surface area contributed by atoms with Crippen molar-refractivity contribution < 1.29 is 9.59 Å². The van der Waals surface area contributed by atoms with E-state index in [-0.39, 0.29) is 17.4 Å². The van der Waals surface area contributed by atoms with Crippen LogP contribution < -0.4 is 10.6 Å². The molecule has 0 radical (unpaired) electrons. The van der Waals surface area contributed by atoms with E-state index in [4.69, 9.17) is 0 Å². The Morgan fingerprint density at radius 3 is 2.79 bits per heavy atom. The predicted octanol–water partition coefficient (Wildman–Crippen LogP) is 4.70. The number of hydrogen-bond acceptors (Lipinski definition) is 7. The number of nitrogens with one attached hydrogen (secondary N) is 3. The number of ketones is 1. The summed E-state index contributed by atoms with van der Waals surface area (Å²) >= 11 is 2.74. The largest absolute Gasteiger partial charge is 0.360 e. The minimum Gasteiger partial charge on any atom is -0.360 e. The molecule has 4 rings (SSSR count). The second kappa shape index (κ2) is 8.46. The number of benzene rings is 2. The average molecular weight is 424 g/mol.